The van der Waals surface area contributed by atoms with Gasteiger partial charge >= 0.3 is 0 Å². The van der Waals surface area contributed by atoms with E-state index >= 15 is 0 Å². The molecular formula is C20H27N3O2. The molecule has 2 amide bonds. The molecule has 0 atom stereocenters. The Bertz CT molecular complexity index is 654. The van der Waals surface area contributed by atoms with Gasteiger partial charge in [0, 0.05) is 42.8 Å². The number of nitrogens with zero attached hydrogens (tertiary/aromatic N) is 2. The first-order chi connectivity index (χ1) is 12.1. The van der Waals surface area contributed by atoms with Crippen LogP contribution in [0, 0.1) is 11.3 Å². The molecule has 0 aromatic heterocycles. The van der Waals surface area contributed by atoms with E-state index in [9.17, 15) is 9.59 Å². The third-order valence-electron chi connectivity index (χ3n) is 6.40. The number of nitrogens with one attached hydrogen (secondary N) is 1. The van der Waals surface area contributed by atoms with E-state index in [-0.39, 0.29) is 17.2 Å². The lowest BCUT2D eigenvalue weighted by Gasteiger charge is -2.32. The van der Waals surface area contributed by atoms with E-state index in [0.717, 1.165) is 57.0 Å². The molecule has 25 heavy (non-hydrogen) atoms. The summed E-state index contributed by atoms with van der Waals surface area (Å²) in [6, 6.07) is 7.39. The van der Waals surface area contributed by atoms with Gasteiger partial charge < -0.3 is 15.1 Å². The van der Waals surface area contributed by atoms with Crippen molar-refractivity contribution in [2.75, 3.05) is 38.5 Å². The van der Waals surface area contributed by atoms with E-state index in [1.807, 2.05) is 29.2 Å². The van der Waals surface area contributed by atoms with Crippen molar-refractivity contribution in [1.29, 1.82) is 0 Å². The molecule has 1 N–H and O–H groups in total. The van der Waals surface area contributed by atoms with Gasteiger partial charge in [-0.3, -0.25) is 9.59 Å². The van der Waals surface area contributed by atoms with Crippen LogP contribution in [0.5, 0.6) is 0 Å². The maximum Gasteiger partial charge on any atom is 0.253 e. The second-order valence-electron chi connectivity index (χ2n) is 8.05. The highest BCUT2D eigenvalue weighted by Crippen LogP contribution is 2.54. The zero-order chi connectivity index (χ0) is 17.4. The van der Waals surface area contributed by atoms with Crippen molar-refractivity contribution < 1.29 is 9.59 Å². The van der Waals surface area contributed by atoms with Crippen molar-refractivity contribution in [1.82, 2.24) is 9.80 Å². The first kappa shape index (κ1) is 16.6. The molecule has 2 aliphatic carbocycles. The van der Waals surface area contributed by atoms with E-state index < -0.39 is 0 Å². The Morgan fingerprint density at radius 1 is 1.04 bits per heavy atom. The molecule has 2 bridgehead atoms. The summed E-state index contributed by atoms with van der Waals surface area (Å²) < 4.78 is 0. The lowest BCUT2D eigenvalue weighted by atomic mass is 9.83. The zero-order valence-electron chi connectivity index (χ0n) is 15.0. The van der Waals surface area contributed by atoms with Crippen LogP contribution >= 0.6 is 0 Å². The molecule has 3 aliphatic rings. The Kier molecular flexibility index (Phi) is 4.28. The number of carbonyl (C=O) groups excluding carboxylic acids is 2. The van der Waals surface area contributed by atoms with Gasteiger partial charge in [-0.2, -0.15) is 0 Å². The molecule has 1 heterocycles. The molecule has 5 heteroatoms. The van der Waals surface area contributed by atoms with Gasteiger partial charge in [0.2, 0.25) is 5.91 Å². The van der Waals surface area contributed by atoms with Crippen LogP contribution in [0.1, 0.15) is 42.5 Å². The van der Waals surface area contributed by atoms with Crippen LogP contribution in [0.15, 0.2) is 24.3 Å². The molecule has 5 nitrogen and oxygen atoms in total. The first-order valence-corrected chi connectivity index (χ1v) is 9.45. The third kappa shape index (κ3) is 3.17. The maximum atomic E-state index is 12.7. The van der Waals surface area contributed by atoms with Gasteiger partial charge in [0.15, 0.2) is 0 Å². The van der Waals surface area contributed by atoms with Gasteiger partial charge in [-0.25, -0.2) is 0 Å². The van der Waals surface area contributed by atoms with Gasteiger partial charge in [0.25, 0.3) is 5.91 Å². The minimum atomic E-state index is -0.126. The molecule has 134 valence electrons. The van der Waals surface area contributed by atoms with E-state index in [2.05, 4.69) is 17.3 Å². The highest BCUT2D eigenvalue weighted by atomic mass is 16.2. The molecule has 1 aromatic carbocycles. The smallest absolute Gasteiger partial charge is 0.253 e. The van der Waals surface area contributed by atoms with Crippen molar-refractivity contribution in [3.8, 4) is 0 Å². The molecular weight excluding hydrogens is 314 g/mol. The topological polar surface area (TPSA) is 52.6 Å². The second kappa shape index (κ2) is 6.45. The molecule has 0 unspecified atom stereocenters. The highest BCUT2D eigenvalue weighted by molar-refractivity contribution is 5.97. The predicted molar refractivity (Wildman–Crippen MR) is 97.5 cm³/mol. The Labute approximate surface area is 149 Å². The number of likely N-dealkylation sites (N-methyl/N-ethyl adjacent to an activating group) is 1. The number of hydrogen-bond donors (Lipinski definition) is 1. The van der Waals surface area contributed by atoms with E-state index in [1.54, 1.807) is 0 Å². The number of piperazine rings is 1. The van der Waals surface area contributed by atoms with Crippen LogP contribution < -0.4 is 5.32 Å². The van der Waals surface area contributed by atoms with Crippen molar-refractivity contribution in [3.63, 3.8) is 0 Å². The largest absolute Gasteiger partial charge is 0.336 e. The zero-order valence-corrected chi connectivity index (χ0v) is 15.0. The molecule has 1 saturated heterocycles. The second-order valence-corrected chi connectivity index (χ2v) is 8.05. The van der Waals surface area contributed by atoms with Gasteiger partial charge in [0.1, 0.15) is 0 Å². The van der Waals surface area contributed by atoms with Gasteiger partial charge in [-0.05, 0) is 69.3 Å². The molecule has 0 radical (unpaired) electrons. The van der Waals surface area contributed by atoms with Crippen molar-refractivity contribution in [2.24, 2.45) is 11.3 Å². The molecule has 3 fully saturated rings. The average molecular weight is 341 g/mol. The van der Waals surface area contributed by atoms with Crippen LogP contribution in [0.3, 0.4) is 0 Å². The number of amides is 2. The van der Waals surface area contributed by atoms with E-state index in [0.29, 0.717) is 5.56 Å². The van der Waals surface area contributed by atoms with Crippen LogP contribution in [0.25, 0.3) is 0 Å². The molecule has 0 spiro atoms. The molecule has 4 rings (SSSR count). The Morgan fingerprint density at radius 2 is 1.68 bits per heavy atom. The quantitative estimate of drug-likeness (QED) is 0.919. The summed E-state index contributed by atoms with van der Waals surface area (Å²) in [5, 5.41) is 3.08. The lowest BCUT2D eigenvalue weighted by Crippen LogP contribution is -2.47. The van der Waals surface area contributed by atoms with Crippen LogP contribution in [0.4, 0.5) is 5.69 Å². The molecule has 1 aromatic rings. The summed E-state index contributed by atoms with van der Waals surface area (Å²) in [6.45, 7) is 3.39. The Balaban J connectivity index is 1.38. The summed E-state index contributed by atoms with van der Waals surface area (Å²) in [6.07, 6.45) is 5.52. The third-order valence-corrected chi connectivity index (χ3v) is 6.40. The number of carbonyl (C=O) groups is 2. The lowest BCUT2D eigenvalue weighted by molar-refractivity contribution is -0.125. The van der Waals surface area contributed by atoms with Crippen LogP contribution in [-0.4, -0.2) is 54.8 Å². The van der Waals surface area contributed by atoms with Crippen molar-refractivity contribution in [3.05, 3.63) is 29.8 Å². The number of rotatable bonds is 3. The maximum absolute atomic E-state index is 12.7. The average Bonchev–Trinajstić information content (AvgIpc) is 3.25. The summed E-state index contributed by atoms with van der Waals surface area (Å²) in [5.41, 5.74) is 1.37. The van der Waals surface area contributed by atoms with E-state index in [1.165, 1.54) is 12.8 Å². The van der Waals surface area contributed by atoms with Gasteiger partial charge in [-0.1, -0.05) is 0 Å². The van der Waals surface area contributed by atoms with Crippen LogP contribution in [-0.2, 0) is 4.79 Å². The predicted octanol–water partition coefficient (Wildman–Crippen LogP) is 2.59. The van der Waals surface area contributed by atoms with Crippen molar-refractivity contribution >= 4 is 17.5 Å². The first-order valence-electron chi connectivity index (χ1n) is 9.45. The normalized spacial score (nSPS) is 29.0. The molecule has 2 saturated carbocycles. The number of hydrogen-bond acceptors (Lipinski definition) is 3. The number of fused-ring (bicyclic) bond motifs is 2. The van der Waals surface area contributed by atoms with E-state index in [4.69, 9.17) is 0 Å². The fraction of sp³-hybridized carbons (Fsp3) is 0.600. The molecule has 1 aliphatic heterocycles. The van der Waals surface area contributed by atoms with Crippen molar-refractivity contribution in [2.45, 2.75) is 32.1 Å². The minimum Gasteiger partial charge on any atom is -0.336 e. The summed E-state index contributed by atoms with van der Waals surface area (Å²) in [4.78, 5) is 29.4. The standard InChI is InChI=1S/C20H27N3O2/c1-22-10-12-23(13-11-22)18(24)16-2-4-17(5-3-16)21-19(25)20-8-6-15(14-20)7-9-20/h2-5,15H,6-14H2,1H3,(H,21,25). The highest BCUT2D eigenvalue weighted by Gasteiger charge is 2.49. The SMILES string of the molecule is CN1CCN(C(=O)c2ccc(NC(=O)C34CCC(CC3)C4)cc2)CC1. The Morgan fingerprint density at radius 3 is 2.24 bits per heavy atom. The summed E-state index contributed by atoms with van der Waals surface area (Å²) in [5.74, 6) is 1.01. The van der Waals surface area contributed by atoms with Crippen LogP contribution in [0.2, 0.25) is 0 Å². The Hall–Kier alpha value is -1.88. The monoisotopic (exact) mass is 341 g/mol. The van der Waals surface area contributed by atoms with Gasteiger partial charge in [-0.15, -0.1) is 0 Å². The number of anilines is 1. The van der Waals surface area contributed by atoms with Gasteiger partial charge in [0.05, 0.1) is 0 Å². The fourth-order valence-electron chi connectivity index (χ4n) is 4.66. The summed E-state index contributed by atoms with van der Waals surface area (Å²) >= 11 is 0. The minimum absolute atomic E-state index is 0.0824. The fourth-order valence-corrected chi connectivity index (χ4v) is 4.66. The summed E-state index contributed by atoms with van der Waals surface area (Å²) in [7, 11) is 2.08. The number of benzene rings is 1.